The van der Waals surface area contributed by atoms with E-state index < -0.39 is 0 Å². The highest BCUT2D eigenvalue weighted by Gasteiger charge is 2.17. The smallest absolute Gasteiger partial charge is 0.160 e. The maximum absolute atomic E-state index is 5.36. The van der Waals surface area contributed by atoms with Gasteiger partial charge in [0.25, 0.3) is 0 Å². The third-order valence-electron chi connectivity index (χ3n) is 11.7. The number of fused-ring (bicyclic) bond motifs is 11. The SMILES string of the molecule is c1ccc(-c2nc(-c3ccc(-c4cccc(-c5nc6c7ccccc7sc6c6ccccc56)c4)cc3)cc(-c3ccc4c5ccccc5c5ccccc5c4c3)n2)cc1. The Bertz CT molecular complexity index is 3570. The van der Waals surface area contributed by atoms with Crippen molar-refractivity contribution >= 4 is 74.7 Å². The lowest BCUT2D eigenvalue weighted by Gasteiger charge is -2.13. The fourth-order valence-electron chi connectivity index (χ4n) is 8.81. The van der Waals surface area contributed by atoms with Gasteiger partial charge in [-0.2, -0.15) is 0 Å². The Hall–Kier alpha value is -7.53. The van der Waals surface area contributed by atoms with Crippen molar-refractivity contribution in [1.82, 2.24) is 15.0 Å². The summed E-state index contributed by atoms with van der Waals surface area (Å²) in [6.45, 7) is 0. The second-order valence-corrected chi connectivity index (χ2v) is 16.2. The number of thiophene rings is 1. The Labute approximate surface area is 344 Å². The van der Waals surface area contributed by atoms with Crippen LogP contribution in [0.15, 0.2) is 200 Å². The van der Waals surface area contributed by atoms with Crippen molar-refractivity contribution in [3.63, 3.8) is 0 Å². The van der Waals surface area contributed by atoms with E-state index in [0.29, 0.717) is 5.82 Å². The number of rotatable bonds is 5. The van der Waals surface area contributed by atoms with Crippen LogP contribution in [0.25, 0.3) is 120 Å². The second kappa shape index (κ2) is 13.6. The van der Waals surface area contributed by atoms with E-state index in [1.54, 1.807) is 0 Å². The van der Waals surface area contributed by atoms with Crippen molar-refractivity contribution in [2.24, 2.45) is 0 Å². The third kappa shape index (κ3) is 5.60. The lowest BCUT2D eigenvalue weighted by atomic mass is 9.92. The van der Waals surface area contributed by atoms with Gasteiger partial charge in [0.1, 0.15) is 0 Å². The lowest BCUT2D eigenvalue weighted by molar-refractivity contribution is 1.18. The highest BCUT2D eigenvalue weighted by atomic mass is 32.1. The molecule has 274 valence electrons. The van der Waals surface area contributed by atoms with Crippen molar-refractivity contribution < 1.29 is 0 Å². The van der Waals surface area contributed by atoms with Crippen molar-refractivity contribution in [1.29, 1.82) is 0 Å². The molecular formula is C55H33N3S. The van der Waals surface area contributed by atoms with Gasteiger partial charge in [0.2, 0.25) is 0 Å². The Morgan fingerprint density at radius 1 is 0.288 bits per heavy atom. The largest absolute Gasteiger partial charge is 0.246 e. The van der Waals surface area contributed by atoms with E-state index in [0.717, 1.165) is 56.0 Å². The van der Waals surface area contributed by atoms with Gasteiger partial charge < -0.3 is 0 Å². The Balaban J connectivity index is 0.957. The highest BCUT2D eigenvalue weighted by molar-refractivity contribution is 7.26. The minimum Gasteiger partial charge on any atom is -0.246 e. The van der Waals surface area contributed by atoms with Gasteiger partial charge in [-0.05, 0) is 67.7 Å². The van der Waals surface area contributed by atoms with Gasteiger partial charge in [0, 0.05) is 43.1 Å². The summed E-state index contributed by atoms with van der Waals surface area (Å²) in [6.07, 6.45) is 0. The first-order valence-electron chi connectivity index (χ1n) is 19.9. The maximum atomic E-state index is 5.36. The van der Waals surface area contributed by atoms with Gasteiger partial charge in [-0.1, -0.05) is 176 Å². The molecule has 0 aliphatic heterocycles. The van der Waals surface area contributed by atoms with Crippen LogP contribution in [0.4, 0.5) is 0 Å². The summed E-state index contributed by atoms with van der Waals surface area (Å²) in [7, 11) is 0. The molecular weight excluding hydrogens is 735 g/mol. The van der Waals surface area contributed by atoms with Crippen LogP contribution in [0.5, 0.6) is 0 Å². The molecule has 0 N–H and O–H groups in total. The number of hydrogen-bond donors (Lipinski definition) is 0. The molecule has 0 atom stereocenters. The lowest BCUT2D eigenvalue weighted by Crippen LogP contribution is -1.96. The number of nitrogens with zero attached hydrogens (tertiary/aromatic N) is 3. The van der Waals surface area contributed by atoms with Crippen LogP contribution in [-0.4, -0.2) is 15.0 Å². The minimum atomic E-state index is 0.702. The van der Waals surface area contributed by atoms with Crippen molar-refractivity contribution in [3.05, 3.63) is 200 Å². The zero-order valence-corrected chi connectivity index (χ0v) is 32.6. The quantitative estimate of drug-likeness (QED) is 0.164. The van der Waals surface area contributed by atoms with E-state index in [1.807, 2.05) is 29.5 Å². The number of aromatic nitrogens is 3. The van der Waals surface area contributed by atoms with Gasteiger partial charge in [0.15, 0.2) is 5.82 Å². The van der Waals surface area contributed by atoms with Crippen LogP contribution in [0.2, 0.25) is 0 Å². The summed E-state index contributed by atoms with van der Waals surface area (Å²) in [6, 6.07) is 71.4. The average molecular weight is 768 g/mol. The number of benzene rings is 9. The van der Waals surface area contributed by atoms with Gasteiger partial charge >= 0.3 is 0 Å². The van der Waals surface area contributed by atoms with Gasteiger partial charge in [-0.25, -0.2) is 15.0 Å². The molecule has 0 radical (unpaired) electrons. The predicted molar refractivity (Wildman–Crippen MR) is 250 cm³/mol. The normalized spacial score (nSPS) is 11.7. The van der Waals surface area contributed by atoms with E-state index in [4.69, 9.17) is 15.0 Å². The molecule has 0 aliphatic rings. The highest BCUT2D eigenvalue weighted by Crippen LogP contribution is 2.42. The summed E-state index contributed by atoms with van der Waals surface area (Å²) in [5.74, 6) is 0.702. The molecule has 3 heterocycles. The summed E-state index contributed by atoms with van der Waals surface area (Å²) in [4.78, 5) is 15.7. The van der Waals surface area contributed by atoms with E-state index in [2.05, 4.69) is 182 Å². The molecule has 0 saturated carbocycles. The van der Waals surface area contributed by atoms with Crippen LogP contribution < -0.4 is 0 Å². The molecule has 0 unspecified atom stereocenters. The molecule has 3 aromatic heterocycles. The fourth-order valence-corrected chi connectivity index (χ4v) is 9.99. The van der Waals surface area contributed by atoms with E-state index >= 15 is 0 Å². The molecule has 12 rings (SSSR count). The molecule has 0 fully saturated rings. The Morgan fingerprint density at radius 3 is 1.54 bits per heavy atom. The summed E-state index contributed by atoms with van der Waals surface area (Å²) in [5.41, 5.74) is 10.3. The first-order chi connectivity index (χ1) is 29.2. The first kappa shape index (κ1) is 33.6. The standard InChI is InChI=1S/C55H33N3S/c1-2-13-36(14-3-1)55-56-49(33-50(57-55)38-29-30-44-42-19-5-4-17-40(42)41-18-6-7-20-43(41)48(44)32-38)35-27-25-34(26-28-35)37-15-12-16-39(31-37)52-45-21-8-9-22-46(45)54-53(58-52)47-23-10-11-24-51(47)59-54/h1-33H. The van der Waals surface area contributed by atoms with Crippen molar-refractivity contribution in [2.45, 2.75) is 0 Å². The second-order valence-electron chi connectivity index (χ2n) is 15.1. The van der Waals surface area contributed by atoms with E-state index in [1.165, 1.54) is 57.9 Å². The minimum absolute atomic E-state index is 0.702. The summed E-state index contributed by atoms with van der Waals surface area (Å²) >= 11 is 1.82. The van der Waals surface area contributed by atoms with Crippen LogP contribution in [0.3, 0.4) is 0 Å². The molecule has 9 aromatic carbocycles. The summed E-state index contributed by atoms with van der Waals surface area (Å²) in [5, 5.41) is 11.1. The third-order valence-corrected chi connectivity index (χ3v) is 12.9. The number of pyridine rings is 1. The summed E-state index contributed by atoms with van der Waals surface area (Å²) < 4.78 is 2.50. The first-order valence-corrected chi connectivity index (χ1v) is 20.7. The molecule has 0 spiro atoms. The van der Waals surface area contributed by atoms with E-state index in [9.17, 15) is 0 Å². The van der Waals surface area contributed by atoms with Crippen LogP contribution in [0.1, 0.15) is 0 Å². The Morgan fingerprint density at radius 2 is 0.814 bits per heavy atom. The molecule has 0 bridgehead atoms. The zero-order valence-electron chi connectivity index (χ0n) is 31.8. The molecule has 0 amide bonds. The van der Waals surface area contributed by atoms with Crippen molar-refractivity contribution in [3.8, 4) is 56.3 Å². The molecule has 59 heavy (non-hydrogen) atoms. The predicted octanol–water partition coefficient (Wildman–Crippen LogP) is 15.2. The molecule has 3 nitrogen and oxygen atoms in total. The van der Waals surface area contributed by atoms with Gasteiger partial charge in [0.05, 0.1) is 27.3 Å². The number of hydrogen-bond acceptors (Lipinski definition) is 4. The Kier molecular flexibility index (Phi) is 7.72. The average Bonchev–Trinajstić information content (AvgIpc) is 3.70. The maximum Gasteiger partial charge on any atom is 0.160 e. The molecule has 0 saturated heterocycles. The molecule has 4 heteroatoms. The molecule has 0 aliphatic carbocycles. The van der Waals surface area contributed by atoms with Crippen LogP contribution >= 0.6 is 11.3 Å². The fraction of sp³-hybridized carbons (Fsp3) is 0. The molecule has 12 aromatic rings. The van der Waals surface area contributed by atoms with Crippen LogP contribution in [0, 0.1) is 0 Å². The van der Waals surface area contributed by atoms with Crippen molar-refractivity contribution in [2.75, 3.05) is 0 Å². The monoisotopic (exact) mass is 767 g/mol. The van der Waals surface area contributed by atoms with Gasteiger partial charge in [-0.15, -0.1) is 11.3 Å². The van der Waals surface area contributed by atoms with Gasteiger partial charge in [-0.3, -0.25) is 0 Å². The zero-order chi connectivity index (χ0) is 38.9. The van der Waals surface area contributed by atoms with E-state index in [-0.39, 0.29) is 0 Å². The van der Waals surface area contributed by atoms with Crippen LogP contribution in [-0.2, 0) is 0 Å². The topological polar surface area (TPSA) is 38.7 Å².